The number of aromatic nitrogens is 1. The van der Waals surface area contributed by atoms with E-state index >= 15 is 0 Å². The predicted molar refractivity (Wildman–Crippen MR) is 84.1 cm³/mol. The molecule has 0 unspecified atom stereocenters. The Hall–Kier alpha value is -2.63. The zero-order valence-corrected chi connectivity index (χ0v) is 12.1. The smallest absolute Gasteiger partial charge is 0.311 e. The van der Waals surface area contributed by atoms with E-state index in [1.54, 1.807) is 6.07 Å². The van der Waals surface area contributed by atoms with Crippen molar-refractivity contribution in [1.29, 1.82) is 0 Å². The van der Waals surface area contributed by atoms with Crippen LogP contribution in [-0.4, -0.2) is 16.5 Å². The van der Waals surface area contributed by atoms with E-state index in [-0.39, 0.29) is 11.5 Å². The molecule has 2 N–H and O–H groups in total. The summed E-state index contributed by atoms with van der Waals surface area (Å²) in [6.07, 6.45) is 0.958. The number of nitro groups is 1. The maximum absolute atomic E-state index is 11.1. The summed E-state index contributed by atoms with van der Waals surface area (Å²) in [7, 11) is 0. The lowest BCUT2D eigenvalue weighted by molar-refractivity contribution is -0.384. The first-order valence-electron chi connectivity index (χ1n) is 6.83. The van der Waals surface area contributed by atoms with Gasteiger partial charge in [-0.25, -0.2) is 4.98 Å². The summed E-state index contributed by atoms with van der Waals surface area (Å²) < 4.78 is 0. The molecule has 0 saturated carbocycles. The monoisotopic (exact) mass is 286 g/mol. The van der Waals surface area contributed by atoms with Gasteiger partial charge in [-0.3, -0.25) is 10.1 Å². The molecule has 21 heavy (non-hydrogen) atoms. The molecule has 110 valence electrons. The van der Waals surface area contributed by atoms with Gasteiger partial charge < -0.3 is 10.6 Å². The molecule has 1 aromatic heterocycles. The van der Waals surface area contributed by atoms with Crippen LogP contribution in [0.4, 0.5) is 23.0 Å². The number of nitrogens with one attached hydrogen (secondary N) is 2. The second-order valence-corrected chi connectivity index (χ2v) is 4.74. The van der Waals surface area contributed by atoms with Crippen molar-refractivity contribution in [3.05, 3.63) is 52.1 Å². The van der Waals surface area contributed by atoms with E-state index in [1.165, 1.54) is 6.07 Å². The maximum Gasteiger partial charge on any atom is 0.311 e. The van der Waals surface area contributed by atoms with Crippen LogP contribution in [0.25, 0.3) is 0 Å². The highest BCUT2D eigenvalue weighted by Gasteiger charge is 2.16. The number of hydrogen-bond donors (Lipinski definition) is 2. The van der Waals surface area contributed by atoms with Crippen LogP contribution >= 0.6 is 0 Å². The van der Waals surface area contributed by atoms with Crippen molar-refractivity contribution in [3.8, 4) is 0 Å². The molecule has 2 aromatic rings. The van der Waals surface area contributed by atoms with Gasteiger partial charge in [-0.15, -0.1) is 0 Å². The van der Waals surface area contributed by atoms with Crippen LogP contribution in [0.15, 0.2) is 36.4 Å². The van der Waals surface area contributed by atoms with Gasteiger partial charge >= 0.3 is 5.69 Å². The van der Waals surface area contributed by atoms with Crippen LogP contribution in [0.1, 0.15) is 18.9 Å². The molecule has 0 saturated heterocycles. The summed E-state index contributed by atoms with van der Waals surface area (Å²) in [5.41, 5.74) is 1.81. The van der Waals surface area contributed by atoms with Crippen molar-refractivity contribution in [1.82, 2.24) is 4.98 Å². The fourth-order valence-corrected chi connectivity index (χ4v) is 1.90. The zero-order valence-electron chi connectivity index (χ0n) is 12.1. The average Bonchev–Trinajstić information content (AvgIpc) is 2.45. The van der Waals surface area contributed by atoms with Crippen molar-refractivity contribution in [2.24, 2.45) is 0 Å². The fourth-order valence-electron chi connectivity index (χ4n) is 1.90. The van der Waals surface area contributed by atoms with Gasteiger partial charge in [-0.05, 0) is 37.1 Å². The Kier molecular flexibility index (Phi) is 4.71. The summed E-state index contributed by atoms with van der Waals surface area (Å²) in [4.78, 5) is 15.0. The minimum Gasteiger partial charge on any atom is -0.370 e. The normalized spacial score (nSPS) is 10.2. The second-order valence-electron chi connectivity index (χ2n) is 4.74. The number of benzene rings is 1. The molecule has 6 nitrogen and oxygen atoms in total. The Morgan fingerprint density at radius 1 is 1.29 bits per heavy atom. The fraction of sp³-hybridized carbons (Fsp3) is 0.267. The van der Waals surface area contributed by atoms with Crippen LogP contribution < -0.4 is 10.6 Å². The van der Waals surface area contributed by atoms with E-state index in [2.05, 4.69) is 15.6 Å². The SMILES string of the molecule is CCCNc1ccc([N+](=O)[O-])c(Nc2cccc(C)c2)n1. The molecule has 0 atom stereocenters. The van der Waals surface area contributed by atoms with Gasteiger partial charge in [0.2, 0.25) is 5.82 Å². The lowest BCUT2D eigenvalue weighted by Gasteiger charge is -2.09. The molecule has 0 radical (unpaired) electrons. The number of aryl methyl sites for hydroxylation is 1. The third-order valence-corrected chi connectivity index (χ3v) is 2.91. The first-order valence-corrected chi connectivity index (χ1v) is 6.83. The van der Waals surface area contributed by atoms with Gasteiger partial charge in [-0.2, -0.15) is 0 Å². The van der Waals surface area contributed by atoms with Crippen molar-refractivity contribution >= 4 is 23.0 Å². The van der Waals surface area contributed by atoms with Gasteiger partial charge in [-0.1, -0.05) is 19.1 Å². The van der Waals surface area contributed by atoms with Crippen molar-refractivity contribution in [3.63, 3.8) is 0 Å². The summed E-state index contributed by atoms with van der Waals surface area (Å²) in [6, 6.07) is 10.7. The van der Waals surface area contributed by atoms with E-state index < -0.39 is 4.92 Å². The largest absolute Gasteiger partial charge is 0.370 e. The summed E-state index contributed by atoms with van der Waals surface area (Å²) >= 11 is 0. The number of pyridine rings is 1. The molecule has 1 heterocycles. The number of nitrogens with zero attached hydrogens (tertiary/aromatic N) is 2. The molecular formula is C15H18N4O2. The summed E-state index contributed by atoms with van der Waals surface area (Å²) in [5.74, 6) is 0.865. The summed E-state index contributed by atoms with van der Waals surface area (Å²) in [6.45, 7) is 4.78. The summed E-state index contributed by atoms with van der Waals surface area (Å²) in [5, 5.41) is 17.3. The molecule has 6 heteroatoms. The molecule has 0 amide bonds. The van der Waals surface area contributed by atoms with E-state index in [0.717, 1.165) is 24.2 Å². The standard InChI is InChI=1S/C15H18N4O2/c1-3-9-16-14-8-7-13(19(20)21)15(18-14)17-12-6-4-5-11(2)10-12/h4-8,10H,3,9H2,1-2H3,(H2,16,17,18). The lowest BCUT2D eigenvalue weighted by atomic mass is 10.2. The van der Waals surface area contributed by atoms with Gasteiger partial charge in [0, 0.05) is 18.3 Å². The Balaban J connectivity index is 2.31. The predicted octanol–water partition coefficient (Wildman–Crippen LogP) is 3.86. The topological polar surface area (TPSA) is 80.1 Å². The number of anilines is 3. The van der Waals surface area contributed by atoms with Gasteiger partial charge in [0.05, 0.1) is 4.92 Å². The Bertz CT molecular complexity index is 643. The van der Waals surface area contributed by atoms with Gasteiger partial charge in [0.15, 0.2) is 0 Å². The van der Waals surface area contributed by atoms with Gasteiger partial charge in [0.25, 0.3) is 0 Å². The van der Waals surface area contributed by atoms with E-state index in [9.17, 15) is 10.1 Å². The van der Waals surface area contributed by atoms with Crippen LogP contribution in [-0.2, 0) is 0 Å². The highest BCUT2D eigenvalue weighted by molar-refractivity contribution is 5.67. The zero-order chi connectivity index (χ0) is 15.2. The molecule has 0 fully saturated rings. The Labute approximate surface area is 123 Å². The maximum atomic E-state index is 11.1. The molecule has 0 aliphatic heterocycles. The quantitative estimate of drug-likeness (QED) is 0.622. The second kappa shape index (κ2) is 6.69. The minimum absolute atomic E-state index is 0.0430. The van der Waals surface area contributed by atoms with Crippen molar-refractivity contribution in [2.75, 3.05) is 17.2 Å². The molecule has 0 bridgehead atoms. The molecule has 0 aliphatic carbocycles. The third kappa shape index (κ3) is 3.92. The highest BCUT2D eigenvalue weighted by Crippen LogP contribution is 2.27. The molecule has 0 spiro atoms. The van der Waals surface area contributed by atoms with Crippen molar-refractivity contribution in [2.45, 2.75) is 20.3 Å². The van der Waals surface area contributed by atoms with Gasteiger partial charge in [0.1, 0.15) is 5.82 Å². The third-order valence-electron chi connectivity index (χ3n) is 2.91. The first kappa shape index (κ1) is 14.8. The van der Waals surface area contributed by atoms with Crippen molar-refractivity contribution < 1.29 is 4.92 Å². The Morgan fingerprint density at radius 2 is 2.10 bits per heavy atom. The number of hydrogen-bond acceptors (Lipinski definition) is 5. The molecule has 2 rings (SSSR count). The van der Waals surface area contributed by atoms with Crippen LogP contribution in [0, 0.1) is 17.0 Å². The average molecular weight is 286 g/mol. The lowest BCUT2D eigenvalue weighted by Crippen LogP contribution is -2.05. The van der Waals surface area contributed by atoms with Crippen LogP contribution in [0.5, 0.6) is 0 Å². The van der Waals surface area contributed by atoms with Crippen LogP contribution in [0.2, 0.25) is 0 Å². The minimum atomic E-state index is -0.436. The molecule has 1 aromatic carbocycles. The van der Waals surface area contributed by atoms with E-state index in [0.29, 0.717) is 5.82 Å². The first-order chi connectivity index (χ1) is 10.1. The number of rotatable bonds is 6. The molecular weight excluding hydrogens is 268 g/mol. The Morgan fingerprint density at radius 3 is 2.76 bits per heavy atom. The highest BCUT2D eigenvalue weighted by atomic mass is 16.6. The van der Waals surface area contributed by atoms with Crippen LogP contribution in [0.3, 0.4) is 0 Å². The molecule has 0 aliphatic rings. The van der Waals surface area contributed by atoms with E-state index in [4.69, 9.17) is 0 Å². The van der Waals surface area contributed by atoms with E-state index in [1.807, 2.05) is 38.1 Å².